The molecule has 2 heterocycles. The number of hydrogen-bond acceptors (Lipinski definition) is 3. The first-order valence-corrected chi connectivity index (χ1v) is 5.69. The van der Waals surface area contributed by atoms with Gasteiger partial charge in [0, 0.05) is 24.5 Å². The van der Waals surface area contributed by atoms with Crippen molar-refractivity contribution in [1.29, 1.82) is 0 Å². The lowest BCUT2D eigenvalue weighted by atomic mass is 10.1. The lowest BCUT2D eigenvalue weighted by Gasteiger charge is -2.11. The van der Waals surface area contributed by atoms with Crippen LogP contribution in [0.5, 0.6) is 0 Å². The largest absolute Gasteiger partial charge is 0.346 e. The van der Waals surface area contributed by atoms with Gasteiger partial charge in [-0.2, -0.15) is 0 Å². The maximum atomic E-state index is 5.49. The van der Waals surface area contributed by atoms with Crippen LogP contribution in [0.2, 0.25) is 0 Å². The fourth-order valence-electron chi connectivity index (χ4n) is 1.98. The molecule has 0 amide bonds. The average molecular weight is 230 g/mol. The number of rotatable bonds is 3. The second-order valence-electron chi connectivity index (χ2n) is 4.05. The minimum absolute atomic E-state index is 0.197. The van der Waals surface area contributed by atoms with Gasteiger partial charge in [0.2, 0.25) is 0 Å². The Morgan fingerprint density at radius 1 is 1.29 bits per heavy atom. The van der Waals surface area contributed by atoms with Crippen molar-refractivity contribution in [1.82, 2.24) is 9.55 Å². The molecule has 1 fully saturated rings. The molecule has 1 saturated heterocycles. The molecule has 0 bridgehead atoms. The van der Waals surface area contributed by atoms with Gasteiger partial charge in [0.1, 0.15) is 0 Å². The van der Waals surface area contributed by atoms with E-state index in [1.807, 2.05) is 29.2 Å². The van der Waals surface area contributed by atoms with E-state index in [-0.39, 0.29) is 6.29 Å². The van der Waals surface area contributed by atoms with Crippen molar-refractivity contribution in [2.24, 2.45) is 0 Å². The van der Waals surface area contributed by atoms with Crippen molar-refractivity contribution in [2.45, 2.75) is 12.8 Å². The fourth-order valence-corrected chi connectivity index (χ4v) is 1.98. The molecule has 88 valence electrons. The van der Waals surface area contributed by atoms with Crippen LogP contribution in [0.1, 0.15) is 17.4 Å². The van der Waals surface area contributed by atoms with Crippen LogP contribution in [0.3, 0.4) is 0 Å². The minimum Gasteiger partial charge on any atom is -0.346 e. The monoisotopic (exact) mass is 230 g/mol. The molecule has 1 aliphatic heterocycles. The topological polar surface area (TPSA) is 36.3 Å². The highest BCUT2D eigenvalue weighted by atomic mass is 16.7. The van der Waals surface area contributed by atoms with Gasteiger partial charge in [0.25, 0.3) is 0 Å². The molecule has 4 heteroatoms. The molecule has 17 heavy (non-hydrogen) atoms. The number of hydrogen-bond donors (Lipinski definition) is 0. The summed E-state index contributed by atoms with van der Waals surface area (Å²) in [7, 11) is 0. The number of imidazole rings is 1. The lowest BCUT2D eigenvalue weighted by Crippen LogP contribution is -2.01. The summed E-state index contributed by atoms with van der Waals surface area (Å²) in [6, 6.07) is 8.29. The molecule has 0 atom stereocenters. The maximum absolute atomic E-state index is 5.49. The molecule has 1 aliphatic rings. The number of aromatic nitrogens is 2. The zero-order valence-corrected chi connectivity index (χ0v) is 9.45. The summed E-state index contributed by atoms with van der Waals surface area (Å²) >= 11 is 0. The number of benzene rings is 1. The summed E-state index contributed by atoms with van der Waals surface area (Å²) < 4.78 is 13.0. The van der Waals surface area contributed by atoms with Crippen molar-refractivity contribution in [2.75, 3.05) is 13.2 Å². The zero-order valence-electron chi connectivity index (χ0n) is 9.45. The van der Waals surface area contributed by atoms with Crippen LogP contribution in [0.4, 0.5) is 0 Å². The highest BCUT2D eigenvalue weighted by Crippen LogP contribution is 2.23. The van der Waals surface area contributed by atoms with Gasteiger partial charge in [0.15, 0.2) is 6.29 Å². The van der Waals surface area contributed by atoms with Crippen molar-refractivity contribution in [3.63, 3.8) is 0 Å². The Morgan fingerprint density at radius 2 is 2.18 bits per heavy atom. The van der Waals surface area contributed by atoms with Gasteiger partial charge in [-0.25, -0.2) is 4.98 Å². The quantitative estimate of drug-likeness (QED) is 0.809. The Labute approximate surface area is 99.8 Å². The Bertz CT molecular complexity index is 476. The van der Waals surface area contributed by atoms with Crippen molar-refractivity contribution < 1.29 is 9.47 Å². The molecule has 0 aliphatic carbocycles. The van der Waals surface area contributed by atoms with Crippen LogP contribution >= 0.6 is 0 Å². The average Bonchev–Trinajstić information content (AvgIpc) is 3.01. The first-order valence-electron chi connectivity index (χ1n) is 5.69. The van der Waals surface area contributed by atoms with Gasteiger partial charge in [-0.1, -0.05) is 18.2 Å². The van der Waals surface area contributed by atoms with Gasteiger partial charge in [-0.05, 0) is 11.6 Å². The molecule has 0 saturated carbocycles. The second-order valence-corrected chi connectivity index (χ2v) is 4.05. The van der Waals surface area contributed by atoms with Crippen LogP contribution in [0, 0.1) is 0 Å². The third kappa shape index (κ3) is 2.38. The van der Waals surface area contributed by atoms with Gasteiger partial charge >= 0.3 is 0 Å². The predicted octanol–water partition coefficient (Wildman–Crippen LogP) is 1.98. The summed E-state index contributed by atoms with van der Waals surface area (Å²) in [6.07, 6.45) is 5.36. The molecule has 0 N–H and O–H groups in total. The third-order valence-corrected chi connectivity index (χ3v) is 2.77. The van der Waals surface area contributed by atoms with Crippen molar-refractivity contribution >= 4 is 0 Å². The van der Waals surface area contributed by atoms with Crippen LogP contribution in [0.25, 0.3) is 0 Å². The molecule has 0 radical (unpaired) electrons. The van der Waals surface area contributed by atoms with Crippen LogP contribution in [-0.2, 0) is 16.0 Å². The summed E-state index contributed by atoms with van der Waals surface area (Å²) in [5.74, 6) is 0. The standard InChI is InChI=1S/C13H14N2O2/c1-2-11(9-15-5-4-14-10-15)8-12(3-1)13-16-6-7-17-13/h1-5,8,10,13H,6-7,9H2. The van der Waals surface area contributed by atoms with E-state index in [2.05, 4.69) is 17.1 Å². The Balaban J connectivity index is 1.78. The van der Waals surface area contributed by atoms with E-state index < -0.39 is 0 Å². The molecular formula is C13H14N2O2. The molecule has 0 unspecified atom stereocenters. The van der Waals surface area contributed by atoms with Crippen LogP contribution in [-0.4, -0.2) is 22.8 Å². The first-order chi connectivity index (χ1) is 8.42. The number of nitrogens with zero attached hydrogens (tertiary/aromatic N) is 2. The fraction of sp³-hybridized carbons (Fsp3) is 0.308. The van der Waals surface area contributed by atoms with E-state index in [1.54, 1.807) is 6.20 Å². The van der Waals surface area contributed by atoms with Crippen LogP contribution in [0.15, 0.2) is 43.0 Å². The van der Waals surface area contributed by atoms with Crippen molar-refractivity contribution in [3.05, 3.63) is 54.1 Å². The van der Waals surface area contributed by atoms with Crippen LogP contribution < -0.4 is 0 Å². The van der Waals surface area contributed by atoms with Gasteiger partial charge in [-0.15, -0.1) is 0 Å². The predicted molar refractivity (Wildman–Crippen MR) is 62.4 cm³/mol. The first kappa shape index (κ1) is 10.5. The van der Waals surface area contributed by atoms with E-state index in [9.17, 15) is 0 Å². The van der Waals surface area contributed by atoms with E-state index in [0.29, 0.717) is 13.2 Å². The molecule has 2 aromatic rings. The smallest absolute Gasteiger partial charge is 0.184 e. The maximum Gasteiger partial charge on any atom is 0.184 e. The molecule has 4 nitrogen and oxygen atoms in total. The van der Waals surface area contributed by atoms with Crippen molar-refractivity contribution in [3.8, 4) is 0 Å². The van der Waals surface area contributed by atoms with Gasteiger partial charge in [-0.3, -0.25) is 0 Å². The SMILES string of the molecule is c1cc(Cn2ccnc2)cc(C2OCCO2)c1. The Kier molecular flexibility index (Phi) is 2.90. The Morgan fingerprint density at radius 3 is 2.94 bits per heavy atom. The second kappa shape index (κ2) is 4.69. The van der Waals surface area contributed by atoms with E-state index in [4.69, 9.17) is 9.47 Å². The summed E-state index contributed by atoms with van der Waals surface area (Å²) in [5, 5.41) is 0. The minimum atomic E-state index is -0.197. The Hall–Kier alpha value is -1.65. The highest BCUT2D eigenvalue weighted by molar-refractivity contribution is 5.25. The van der Waals surface area contributed by atoms with E-state index in [0.717, 1.165) is 12.1 Å². The summed E-state index contributed by atoms with van der Waals surface area (Å²) in [4.78, 5) is 4.03. The normalized spacial score (nSPS) is 16.5. The lowest BCUT2D eigenvalue weighted by molar-refractivity contribution is -0.0441. The van der Waals surface area contributed by atoms with Gasteiger partial charge in [0.05, 0.1) is 19.5 Å². The van der Waals surface area contributed by atoms with E-state index in [1.165, 1.54) is 5.56 Å². The molecular weight excluding hydrogens is 216 g/mol. The molecule has 0 spiro atoms. The summed E-state index contributed by atoms with van der Waals surface area (Å²) in [5.41, 5.74) is 2.31. The zero-order chi connectivity index (χ0) is 11.5. The molecule has 1 aromatic heterocycles. The van der Waals surface area contributed by atoms with E-state index >= 15 is 0 Å². The van der Waals surface area contributed by atoms with Gasteiger partial charge < -0.3 is 14.0 Å². The number of ether oxygens (including phenoxy) is 2. The molecule has 1 aromatic carbocycles. The summed E-state index contributed by atoms with van der Waals surface area (Å²) in [6.45, 7) is 2.17. The molecule has 3 rings (SSSR count). The third-order valence-electron chi connectivity index (χ3n) is 2.77. The highest BCUT2D eigenvalue weighted by Gasteiger charge is 2.18.